The van der Waals surface area contributed by atoms with Crippen molar-refractivity contribution in [1.29, 1.82) is 0 Å². The van der Waals surface area contributed by atoms with Gasteiger partial charge in [0.05, 0.1) is 12.3 Å². The molecule has 1 aliphatic carbocycles. The molecule has 0 bridgehead atoms. The van der Waals surface area contributed by atoms with Crippen LogP contribution in [0.4, 0.5) is 0 Å². The first kappa shape index (κ1) is 10.1. The highest BCUT2D eigenvalue weighted by Gasteiger charge is 2.25. The number of aldehydes is 1. The molecule has 0 N–H and O–H groups in total. The first-order chi connectivity index (χ1) is 7.22. The molecule has 1 aromatic heterocycles. The van der Waals surface area contributed by atoms with Crippen LogP contribution in [0.15, 0.2) is 12.4 Å². The van der Waals surface area contributed by atoms with Crippen molar-refractivity contribution < 1.29 is 9.53 Å². The average molecular weight is 205 g/mol. The summed E-state index contributed by atoms with van der Waals surface area (Å²) in [6, 6.07) is 0. The average Bonchev–Trinajstić information content (AvgIpc) is 3.01. The number of aromatic nitrogens is 1. The van der Waals surface area contributed by atoms with Crippen molar-refractivity contribution in [2.45, 2.75) is 38.7 Å². The highest BCUT2D eigenvalue weighted by molar-refractivity contribution is 5.78. The van der Waals surface area contributed by atoms with Gasteiger partial charge in [0.25, 0.3) is 0 Å². The summed E-state index contributed by atoms with van der Waals surface area (Å²) in [5.41, 5.74) is 1.62. The van der Waals surface area contributed by atoms with Crippen LogP contribution in [0.2, 0.25) is 0 Å². The molecule has 0 aromatic carbocycles. The number of hydrogen-bond acceptors (Lipinski definition) is 3. The summed E-state index contributed by atoms with van der Waals surface area (Å²) in [7, 11) is 0. The monoisotopic (exact) mass is 205 g/mol. The largest absolute Gasteiger partial charge is 0.488 e. The highest BCUT2D eigenvalue weighted by Crippen LogP contribution is 2.33. The zero-order chi connectivity index (χ0) is 10.8. The molecule has 0 amide bonds. The number of ether oxygens (including phenoxy) is 1. The molecule has 1 aliphatic rings. The minimum Gasteiger partial charge on any atom is -0.488 e. The zero-order valence-electron chi connectivity index (χ0n) is 9.06. The van der Waals surface area contributed by atoms with E-state index in [-0.39, 0.29) is 5.92 Å². The Hall–Kier alpha value is -1.38. The van der Waals surface area contributed by atoms with Crippen LogP contribution < -0.4 is 4.74 Å². The van der Waals surface area contributed by atoms with E-state index in [0.717, 1.165) is 30.4 Å². The number of carbonyl (C=O) groups is 1. The normalized spacial score (nSPS) is 15.4. The summed E-state index contributed by atoms with van der Waals surface area (Å²) in [6.45, 7) is 4.12. The summed E-state index contributed by atoms with van der Waals surface area (Å²) in [6.07, 6.45) is 6.72. The maximum absolute atomic E-state index is 10.9. The van der Waals surface area contributed by atoms with E-state index in [4.69, 9.17) is 4.74 Å². The molecule has 1 saturated carbocycles. The highest BCUT2D eigenvalue weighted by atomic mass is 16.5. The Kier molecular flexibility index (Phi) is 2.71. The first-order valence-electron chi connectivity index (χ1n) is 5.32. The van der Waals surface area contributed by atoms with E-state index in [2.05, 4.69) is 18.8 Å². The molecular formula is C12H15NO2. The lowest BCUT2D eigenvalue weighted by atomic mass is 9.99. The number of nitrogens with zero attached hydrogens (tertiary/aromatic N) is 1. The van der Waals surface area contributed by atoms with Gasteiger partial charge in [0.2, 0.25) is 0 Å². The quantitative estimate of drug-likeness (QED) is 0.709. The molecule has 0 atom stereocenters. The molecular weight excluding hydrogens is 190 g/mol. The van der Waals surface area contributed by atoms with Crippen LogP contribution in [0.25, 0.3) is 0 Å². The summed E-state index contributed by atoms with van der Waals surface area (Å²) >= 11 is 0. The van der Waals surface area contributed by atoms with Gasteiger partial charge in [0.1, 0.15) is 5.75 Å². The van der Waals surface area contributed by atoms with Crippen LogP contribution >= 0.6 is 0 Å². The number of pyridine rings is 1. The fourth-order valence-electron chi connectivity index (χ4n) is 1.64. The Balaban J connectivity index is 2.36. The summed E-state index contributed by atoms with van der Waals surface area (Å²) in [5, 5.41) is 0. The molecule has 0 unspecified atom stereocenters. The number of hydrogen-bond donors (Lipinski definition) is 0. The molecule has 2 rings (SSSR count). The van der Waals surface area contributed by atoms with E-state index < -0.39 is 0 Å². The first-order valence-corrected chi connectivity index (χ1v) is 5.32. The molecule has 0 saturated heterocycles. The predicted octanol–water partition coefficient (Wildman–Crippen LogP) is 2.56. The number of carbonyl (C=O) groups excluding carboxylic acids is 1. The molecule has 1 fully saturated rings. The fraction of sp³-hybridized carbons (Fsp3) is 0.500. The molecule has 3 nitrogen and oxygen atoms in total. The van der Waals surface area contributed by atoms with Gasteiger partial charge >= 0.3 is 0 Å². The van der Waals surface area contributed by atoms with Gasteiger partial charge in [-0.3, -0.25) is 9.78 Å². The lowest BCUT2D eigenvalue weighted by Gasteiger charge is -2.14. The van der Waals surface area contributed by atoms with Gasteiger partial charge in [-0.05, 0) is 18.8 Å². The Labute approximate surface area is 89.5 Å². The zero-order valence-corrected chi connectivity index (χ0v) is 9.06. The van der Waals surface area contributed by atoms with E-state index in [9.17, 15) is 4.79 Å². The van der Waals surface area contributed by atoms with Gasteiger partial charge in [-0.2, -0.15) is 0 Å². The van der Waals surface area contributed by atoms with Crippen LogP contribution in [0.3, 0.4) is 0 Å². The number of rotatable bonds is 4. The second-order valence-corrected chi connectivity index (χ2v) is 4.23. The lowest BCUT2D eigenvalue weighted by Crippen LogP contribution is -2.04. The molecule has 1 heterocycles. The van der Waals surface area contributed by atoms with E-state index >= 15 is 0 Å². The SMILES string of the molecule is CC(C)c1c(C=O)cncc1OC1CC1. The molecule has 0 radical (unpaired) electrons. The smallest absolute Gasteiger partial charge is 0.152 e. The Morgan fingerprint density at radius 2 is 2.20 bits per heavy atom. The standard InChI is InChI=1S/C12H15NO2/c1-8(2)12-9(7-14)5-13-6-11(12)15-10-3-4-10/h5-8,10H,3-4H2,1-2H3. The van der Waals surface area contributed by atoms with Crippen LogP contribution in [-0.2, 0) is 0 Å². The summed E-state index contributed by atoms with van der Waals surface area (Å²) in [4.78, 5) is 14.9. The van der Waals surface area contributed by atoms with Crippen molar-refractivity contribution in [1.82, 2.24) is 4.98 Å². The topological polar surface area (TPSA) is 39.2 Å². The van der Waals surface area contributed by atoms with Crippen LogP contribution in [0.1, 0.15) is 48.5 Å². The van der Waals surface area contributed by atoms with Crippen molar-refractivity contribution in [3.8, 4) is 5.75 Å². The van der Waals surface area contributed by atoms with Gasteiger partial charge in [0.15, 0.2) is 6.29 Å². The second-order valence-electron chi connectivity index (χ2n) is 4.23. The van der Waals surface area contributed by atoms with E-state index in [1.807, 2.05) is 0 Å². The maximum Gasteiger partial charge on any atom is 0.152 e. The van der Waals surface area contributed by atoms with Gasteiger partial charge in [0, 0.05) is 17.3 Å². The minimum absolute atomic E-state index is 0.280. The molecule has 3 heteroatoms. The molecule has 80 valence electrons. The van der Waals surface area contributed by atoms with Gasteiger partial charge < -0.3 is 4.74 Å². The third-order valence-electron chi connectivity index (χ3n) is 2.50. The van der Waals surface area contributed by atoms with E-state index in [0.29, 0.717) is 11.7 Å². The third-order valence-corrected chi connectivity index (χ3v) is 2.50. The fourth-order valence-corrected chi connectivity index (χ4v) is 1.64. The Morgan fingerprint density at radius 3 is 2.73 bits per heavy atom. The molecule has 0 aliphatic heterocycles. The van der Waals surface area contributed by atoms with Crippen molar-refractivity contribution in [2.24, 2.45) is 0 Å². The van der Waals surface area contributed by atoms with Crippen molar-refractivity contribution in [3.05, 3.63) is 23.5 Å². The Bertz CT molecular complexity index is 370. The maximum atomic E-state index is 10.9. The van der Waals surface area contributed by atoms with Crippen LogP contribution in [-0.4, -0.2) is 17.4 Å². The Morgan fingerprint density at radius 1 is 1.47 bits per heavy atom. The molecule has 15 heavy (non-hydrogen) atoms. The van der Waals surface area contributed by atoms with Gasteiger partial charge in [-0.1, -0.05) is 13.8 Å². The van der Waals surface area contributed by atoms with Gasteiger partial charge in [-0.25, -0.2) is 0 Å². The van der Waals surface area contributed by atoms with Gasteiger partial charge in [-0.15, -0.1) is 0 Å². The third kappa shape index (κ3) is 2.17. The summed E-state index contributed by atoms with van der Waals surface area (Å²) in [5.74, 6) is 1.05. The molecule has 0 spiro atoms. The lowest BCUT2D eigenvalue weighted by molar-refractivity contribution is 0.112. The minimum atomic E-state index is 0.280. The summed E-state index contributed by atoms with van der Waals surface area (Å²) < 4.78 is 5.74. The predicted molar refractivity (Wildman–Crippen MR) is 57.4 cm³/mol. The van der Waals surface area contributed by atoms with Crippen molar-refractivity contribution in [3.63, 3.8) is 0 Å². The van der Waals surface area contributed by atoms with Crippen molar-refractivity contribution in [2.75, 3.05) is 0 Å². The van der Waals surface area contributed by atoms with Crippen molar-refractivity contribution >= 4 is 6.29 Å². The van der Waals surface area contributed by atoms with Crippen LogP contribution in [0, 0.1) is 0 Å². The molecule has 1 aromatic rings. The second kappa shape index (κ2) is 4.01. The van der Waals surface area contributed by atoms with E-state index in [1.165, 1.54) is 0 Å². The van der Waals surface area contributed by atoms with Crippen LogP contribution in [0.5, 0.6) is 5.75 Å². The van der Waals surface area contributed by atoms with E-state index in [1.54, 1.807) is 12.4 Å².